The molecule has 1 N–H and O–H groups in total. The van der Waals surface area contributed by atoms with Crippen molar-refractivity contribution in [2.75, 3.05) is 5.32 Å². The monoisotopic (exact) mass is 436 g/mol. The maximum absolute atomic E-state index is 13.3. The van der Waals surface area contributed by atoms with Gasteiger partial charge in [-0.05, 0) is 44.5 Å². The number of nitrogens with zero attached hydrogens (tertiary/aromatic N) is 1. The molecule has 0 aliphatic carbocycles. The number of rotatable bonds is 6. The predicted molar refractivity (Wildman–Crippen MR) is 130 cm³/mol. The van der Waals surface area contributed by atoms with Crippen molar-refractivity contribution in [1.29, 1.82) is 5.26 Å². The third-order valence-corrected chi connectivity index (χ3v) is 5.73. The highest BCUT2D eigenvalue weighted by Crippen LogP contribution is 2.32. The van der Waals surface area contributed by atoms with Gasteiger partial charge in [-0.15, -0.1) is 0 Å². The van der Waals surface area contributed by atoms with Gasteiger partial charge in [-0.25, -0.2) is 0 Å². The van der Waals surface area contributed by atoms with E-state index < -0.39 is 0 Å². The average molecular weight is 437 g/mol. The molecule has 3 aromatic carbocycles. The van der Waals surface area contributed by atoms with E-state index in [1.165, 1.54) is 0 Å². The molecule has 4 aromatic rings. The third-order valence-electron chi connectivity index (χ3n) is 5.73. The van der Waals surface area contributed by atoms with E-state index in [-0.39, 0.29) is 23.7 Å². The van der Waals surface area contributed by atoms with Crippen LogP contribution in [0.2, 0.25) is 0 Å². The molecule has 1 heterocycles. The van der Waals surface area contributed by atoms with Crippen molar-refractivity contribution in [3.8, 4) is 17.4 Å². The Labute approximate surface area is 192 Å². The minimum absolute atomic E-state index is 0.0585. The molecule has 5 nitrogen and oxygen atoms in total. The highest BCUT2D eigenvalue weighted by molar-refractivity contribution is 6.02. The zero-order valence-corrected chi connectivity index (χ0v) is 18.8. The molecule has 164 valence electrons. The van der Waals surface area contributed by atoms with Gasteiger partial charge in [0.25, 0.3) is 0 Å². The minimum Gasteiger partial charge on any atom is -0.455 e. The van der Waals surface area contributed by atoms with Crippen molar-refractivity contribution in [2.24, 2.45) is 0 Å². The summed E-state index contributed by atoms with van der Waals surface area (Å²) in [6, 6.07) is 22.2. The average Bonchev–Trinajstić information content (AvgIpc) is 2.82. The van der Waals surface area contributed by atoms with Gasteiger partial charge < -0.3 is 9.73 Å². The van der Waals surface area contributed by atoms with Gasteiger partial charge in [-0.1, -0.05) is 48.5 Å². The molecule has 0 amide bonds. The van der Waals surface area contributed by atoms with Crippen LogP contribution in [0.5, 0.6) is 0 Å². The van der Waals surface area contributed by atoms with E-state index in [9.17, 15) is 9.59 Å². The van der Waals surface area contributed by atoms with Gasteiger partial charge in [0, 0.05) is 27.9 Å². The first kappa shape index (κ1) is 22.0. The summed E-state index contributed by atoms with van der Waals surface area (Å²) in [5, 5.41) is 12.9. The number of fused-ring (bicyclic) bond motifs is 1. The maximum Gasteiger partial charge on any atom is 0.196 e. The molecule has 0 saturated heterocycles. The summed E-state index contributed by atoms with van der Waals surface area (Å²) >= 11 is 0. The van der Waals surface area contributed by atoms with E-state index >= 15 is 0 Å². The third kappa shape index (κ3) is 4.28. The Morgan fingerprint density at radius 3 is 2.48 bits per heavy atom. The number of nitrogens with one attached hydrogen (secondary N) is 1. The molecular formula is C28H24N2O3. The van der Waals surface area contributed by atoms with E-state index in [4.69, 9.17) is 9.68 Å². The smallest absolute Gasteiger partial charge is 0.196 e. The summed E-state index contributed by atoms with van der Waals surface area (Å²) in [6.45, 7) is 5.69. The number of Topliss-reactive ketones (excluding diaryl/α,β-unsaturated/α-hetero) is 1. The quantitative estimate of drug-likeness (QED) is 0.356. The van der Waals surface area contributed by atoms with Gasteiger partial charge in [0.1, 0.15) is 11.3 Å². The van der Waals surface area contributed by atoms with E-state index in [1.807, 2.05) is 74.5 Å². The molecule has 0 fully saturated rings. The molecule has 5 heteroatoms. The summed E-state index contributed by atoms with van der Waals surface area (Å²) in [5.41, 5.74) is 4.74. The first-order valence-corrected chi connectivity index (χ1v) is 10.8. The fourth-order valence-electron chi connectivity index (χ4n) is 4.08. The van der Waals surface area contributed by atoms with Crippen LogP contribution in [0.25, 0.3) is 22.3 Å². The van der Waals surface area contributed by atoms with Gasteiger partial charge in [-0.2, -0.15) is 5.26 Å². The number of hydrogen-bond acceptors (Lipinski definition) is 5. The fraction of sp³-hybridized carbons (Fsp3) is 0.179. The second kappa shape index (κ2) is 9.13. The van der Waals surface area contributed by atoms with Crippen LogP contribution in [-0.4, -0.2) is 5.78 Å². The Morgan fingerprint density at radius 1 is 1.06 bits per heavy atom. The Hall–Kier alpha value is -4.17. The number of anilines is 1. The number of benzene rings is 3. The number of ketones is 1. The van der Waals surface area contributed by atoms with Crippen molar-refractivity contribution < 1.29 is 9.21 Å². The standard InChI is InChI=1S/C28H24N2O3/c1-17-15-22(19(3)30-24-12-8-7-11-21(24)25(31)13-14-29)28-23(16-17)26(32)18(2)27(33-28)20-9-5-4-6-10-20/h4-12,15-16,19,30H,13H2,1-3H3. The molecule has 1 unspecified atom stereocenters. The number of para-hydroxylation sites is 1. The number of aryl methyl sites for hydroxylation is 1. The molecule has 0 aliphatic heterocycles. The van der Waals surface area contributed by atoms with Crippen LogP contribution in [-0.2, 0) is 0 Å². The van der Waals surface area contributed by atoms with Crippen molar-refractivity contribution in [2.45, 2.75) is 33.2 Å². The maximum atomic E-state index is 13.3. The van der Waals surface area contributed by atoms with Gasteiger partial charge in [0.2, 0.25) is 0 Å². The van der Waals surface area contributed by atoms with Crippen molar-refractivity contribution in [1.82, 2.24) is 0 Å². The molecule has 0 radical (unpaired) electrons. The number of nitriles is 1. The van der Waals surface area contributed by atoms with Gasteiger partial charge in [0.05, 0.1) is 23.9 Å². The SMILES string of the molecule is Cc1cc(C(C)Nc2ccccc2C(=O)CC#N)c2oc(-c3ccccc3)c(C)c(=O)c2c1. The Kier molecular flexibility index (Phi) is 6.10. The van der Waals surface area contributed by atoms with Crippen molar-refractivity contribution in [3.63, 3.8) is 0 Å². The van der Waals surface area contributed by atoms with Crippen LogP contribution in [0.4, 0.5) is 5.69 Å². The number of carbonyl (C=O) groups excluding carboxylic acids is 1. The molecular weight excluding hydrogens is 412 g/mol. The largest absolute Gasteiger partial charge is 0.455 e. The van der Waals surface area contributed by atoms with E-state index in [0.29, 0.717) is 33.5 Å². The summed E-state index contributed by atoms with van der Waals surface area (Å²) in [6.07, 6.45) is -0.185. The summed E-state index contributed by atoms with van der Waals surface area (Å²) in [7, 11) is 0. The molecule has 1 aromatic heterocycles. The Balaban J connectivity index is 1.85. The Bertz CT molecular complexity index is 1450. The molecule has 0 saturated carbocycles. The molecule has 4 rings (SSSR count). The zero-order chi connectivity index (χ0) is 23.5. The van der Waals surface area contributed by atoms with Crippen LogP contribution < -0.4 is 10.7 Å². The lowest BCUT2D eigenvalue weighted by molar-refractivity contribution is 0.0998. The van der Waals surface area contributed by atoms with Gasteiger partial charge in [-0.3, -0.25) is 9.59 Å². The van der Waals surface area contributed by atoms with E-state index in [0.717, 1.165) is 16.7 Å². The predicted octanol–water partition coefficient (Wildman–Crippen LogP) is 6.35. The lowest BCUT2D eigenvalue weighted by atomic mass is 9.98. The first-order chi connectivity index (χ1) is 15.9. The normalized spacial score (nSPS) is 11.7. The molecule has 0 spiro atoms. The molecule has 0 bridgehead atoms. The van der Waals surface area contributed by atoms with Gasteiger partial charge >= 0.3 is 0 Å². The van der Waals surface area contributed by atoms with Crippen molar-refractivity contribution in [3.05, 3.63) is 99.2 Å². The van der Waals surface area contributed by atoms with Crippen molar-refractivity contribution >= 4 is 22.4 Å². The lowest BCUT2D eigenvalue weighted by Crippen LogP contribution is -2.14. The van der Waals surface area contributed by atoms with Crippen LogP contribution in [0.3, 0.4) is 0 Å². The van der Waals surface area contributed by atoms with Gasteiger partial charge in [0.15, 0.2) is 11.2 Å². The van der Waals surface area contributed by atoms with Crippen LogP contribution in [0, 0.1) is 25.2 Å². The number of hydrogen-bond donors (Lipinski definition) is 1. The Morgan fingerprint density at radius 2 is 1.76 bits per heavy atom. The highest BCUT2D eigenvalue weighted by atomic mass is 16.3. The van der Waals surface area contributed by atoms with E-state index in [2.05, 4.69) is 5.32 Å². The fourth-order valence-corrected chi connectivity index (χ4v) is 4.08. The van der Waals surface area contributed by atoms with Crippen LogP contribution >= 0.6 is 0 Å². The topological polar surface area (TPSA) is 83.1 Å². The summed E-state index contributed by atoms with van der Waals surface area (Å²) in [4.78, 5) is 25.7. The summed E-state index contributed by atoms with van der Waals surface area (Å²) < 4.78 is 6.37. The van der Waals surface area contributed by atoms with E-state index in [1.54, 1.807) is 19.1 Å². The zero-order valence-electron chi connectivity index (χ0n) is 18.8. The second-order valence-electron chi connectivity index (χ2n) is 8.15. The first-order valence-electron chi connectivity index (χ1n) is 10.8. The number of carbonyl (C=O) groups is 1. The lowest BCUT2D eigenvalue weighted by Gasteiger charge is -2.20. The minimum atomic E-state index is -0.266. The molecule has 1 atom stereocenters. The second-order valence-corrected chi connectivity index (χ2v) is 8.15. The molecule has 0 aliphatic rings. The highest BCUT2D eigenvalue weighted by Gasteiger charge is 2.20. The van der Waals surface area contributed by atoms with Crippen LogP contribution in [0.1, 0.15) is 46.4 Å². The van der Waals surface area contributed by atoms with Crippen LogP contribution in [0.15, 0.2) is 75.9 Å². The molecule has 33 heavy (non-hydrogen) atoms. The summed E-state index contributed by atoms with van der Waals surface area (Å²) in [5.74, 6) is 0.311.